The number of hydrogen-bond donors (Lipinski definition) is 1. The molecule has 17 heavy (non-hydrogen) atoms. The summed E-state index contributed by atoms with van der Waals surface area (Å²) >= 11 is 11.3. The van der Waals surface area contributed by atoms with E-state index >= 15 is 0 Å². The number of aromatic nitrogens is 1. The number of hydrogen-bond acceptors (Lipinski definition) is 3. The first-order valence-corrected chi connectivity index (χ1v) is 7.19. The van der Waals surface area contributed by atoms with E-state index < -0.39 is 15.2 Å². The van der Waals surface area contributed by atoms with Gasteiger partial charge < -0.3 is 0 Å². The Kier molecular flexibility index (Phi) is 3.42. The van der Waals surface area contributed by atoms with Gasteiger partial charge in [0.1, 0.15) is 5.21 Å². The van der Waals surface area contributed by atoms with E-state index in [9.17, 15) is 8.42 Å². The van der Waals surface area contributed by atoms with E-state index in [1.807, 2.05) is 0 Å². The van der Waals surface area contributed by atoms with Crippen LogP contribution in [-0.4, -0.2) is 18.6 Å². The Hall–Kier alpha value is -1.04. The first kappa shape index (κ1) is 12.4. The first-order chi connectivity index (χ1) is 8.03. The van der Waals surface area contributed by atoms with E-state index in [1.165, 1.54) is 0 Å². The molecule has 0 fully saturated rings. The van der Waals surface area contributed by atoms with E-state index in [0.29, 0.717) is 21.6 Å². The molecule has 90 valence electrons. The molecule has 0 radical (unpaired) electrons. The second-order valence-corrected chi connectivity index (χ2v) is 6.03. The van der Waals surface area contributed by atoms with Crippen LogP contribution in [-0.2, 0) is 10.0 Å². The molecule has 2 rings (SSSR count). The second kappa shape index (κ2) is 4.68. The van der Waals surface area contributed by atoms with Crippen LogP contribution >= 0.6 is 23.2 Å². The number of rotatable bonds is 3. The number of fused-ring (bicyclic) bond motifs is 1. The summed E-state index contributed by atoms with van der Waals surface area (Å²) in [6, 6.07) is 6.61. The SMILES string of the molecule is O=S(=O)(CCl)Nc1ccc(Cl)c2ncccc12. The van der Waals surface area contributed by atoms with Gasteiger partial charge in [-0.3, -0.25) is 9.71 Å². The summed E-state index contributed by atoms with van der Waals surface area (Å²) < 4.78 is 25.2. The molecule has 0 spiro atoms. The number of halogens is 2. The predicted molar refractivity (Wildman–Crippen MR) is 70.0 cm³/mol. The molecule has 0 saturated carbocycles. The summed E-state index contributed by atoms with van der Waals surface area (Å²) in [5.74, 6) is 0. The van der Waals surface area contributed by atoms with E-state index in [2.05, 4.69) is 9.71 Å². The Morgan fingerprint density at radius 1 is 1.29 bits per heavy atom. The maximum absolute atomic E-state index is 11.4. The number of sulfonamides is 1. The van der Waals surface area contributed by atoms with Crippen molar-refractivity contribution in [1.29, 1.82) is 0 Å². The fraction of sp³-hybridized carbons (Fsp3) is 0.100. The highest BCUT2D eigenvalue weighted by molar-refractivity contribution is 7.93. The minimum absolute atomic E-state index is 0.415. The Bertz CT molecular complexity index is 658. The maximum atomic E-state index is 11.4. The van der Waals surface area contributed by atoms with Gasteiger partial charge in [0.05, 0.1) is 16.2 Å². The minimum atomic E-state index is -3.53. The van der Waals surface area contributed by atoms with Crippen LogP contribution < -0.4 is 4.72 Å². The molecule has 0 aliphatic heterocycles. The third-order valence-corrected chi connectivity index (χ3v) is 4.11. The molecular weight excluding hydrogens is 283 g/mol. The van der Waals surface area contributed by atoms with Crippen LogP contribution in [0.4, 0.5) is 5.69 Å². The zero-order valence-corrected chi connectivity index (χ0v) is 10.9. The molecule has 0 aliphatic carbocycles. The predicted octanol–water partition coefficient (Wildman–Crippen LogP) is 2.83. The Morgan fingerprint density at radius 3 is 2.76 bits per heavy atom. The van der Waals surface area contributed by atoms with Crippen LogP contribution in [0.25, 0.3) is 10.9 Å². The topological polar surface area (TPSA) is 59.1 Å². The zero-order valence-electron chi connectivity index (χ0n) is 8.52. The molecule has 0 aliphatic rings. The van der Waals surface area contributed by atoms with Crippen LogP contribution in [0.1, 0.15) is 0 Å². The highest BCUT2D eigenvalue weighted by atomic mass is 35.5. The van der Waals surface area contributed by atoms with Crippen LogP contribution in [0.15, 0.2) is 30.5 Å². The van der Waals surface area contributed by atoms with Crippen molar-refractivity contribution < 1.29 is 8.42 Å². The van der Waals surface area contributed by atoms with Gasteiger partial charge in [0.15, 0.2) is 0 Å². The summed E-state index contributed by atoms with van der Waals surface area (Å²) in [6.45, 7) is 0. The first-order valence-electron chi connectivity index (χ1n) is 4.63. The van der Waals surface area contributed by atoms with Gasteiger partial charge in [-0.15, -0.1) is 11.6 Å². The standard InChI is InChI=1S/C10H8Cl2N2O2S/c11-6-17(15,16)14-9-4-3-8(12)10-7(9)2-1-5-13-10/h1-5,14H,6H2. The normalized spacial score (nSPS) is 11.6. The molecule has 1 heterocycles. The van der Waals surface area contributed by atoms with Crippen molar-refractivity contribution in [3.63, 3.8) is 0 Å². The quantitative estimate of drug-likeness (QED) is 0.885. The summed E-state index contributed by atoms with van der Waals surface area (Å²) in [6.07, 6.45) is 1.59. The largest absolute Gasteiger partial charge is 0.282 e. The molecule has 1 N–H and O–H groups in total. The Morgan fingerprint density at radius 2 is 2.06 bits per heavy atom. The fourth-order valence-corrected chi connectivity index (χ4v) is 2.37. The van der Waals surface area contributed by atoms with E-state index in [4.69, 9.17) is 23.2 Å². The minimum Gasteiger partial charge on any atom is -0.282 e. The zero-order chi connectivity index (χ0) is 12.5. The molecule has 1 aromatic carbocycles. The maximum Gasteiger partial charge on any atom is 0.246 e. The highest BCUT2D eigenvalue weighted by Crippen LogP contribution is 2.28. The van der Waals surface area contributed by atoms with Crippen molar-refractivity contribution in [3.05, 3.63) is 35.5 Å². The smallest absolute Gasteiger partial charge is 0.246 e. The van der Waals surface area contributed by atoms with Gasteiger partial charge in [-0.2, -0.15) is 0 Å². The lowest BCUT2D eigenvalue weighted by Crippen LogP contribution is -2.13. The fourth-order valence-electron chi connectivity index (χ4n) is 1.42. The number of nitrogens with one attached hydrogen (secondary N) is 1. The number of pyridine rings is 1. The molecule has 0 unspecified atom stereocenters. The third kappa shape index (κ3) is 2.62. The van der Waals surface area contributed by atoms with E-state index in [0.717, 1.165) is 0 Å². The van der Waals surface area contributed by atoms with Crippen LogP contribution in [0, 0.1) is 0 Å². The lowest BCUT2D eigenvalue weighted by atomic mass is 10.2. The number of alkyl halides is 1. The number of benzene rings is 1. The average Bonchev–Trinajstić information content (AvgIpc) is 2.33. The van der Waals surface area contributed by atoms with Gasteiger partial charge in [0.25, 0.3) is 0 Å². The van der Waals surface area contributed by atoms with Crippen LogP contribution in [0.3, 0.4) is 0 Å². The number of anilines is 1. The summed E-state index contributed by atoms with van der Waals surface area (Å²) in [5, 5.41) is 0.598. The van der Waals surface area contributed by atoms with Crippen molar-refractivity contribution in [2.24, 2.45) is 0 Å². The highest BCUT2D eigenvalue weighted by Gasteiger charge is 2.12. The van der Waals surface area contributed by atoms with E-state index in [-0.39, 0.29) is 0 Å². The van der Waals surface area contributed by atoms with Crippen molar-refractivity contribution in [3.8, 4) is 0 Å². The molecule has 1 aromatic heterocycles. The van der Waals surface area contributed by atoms with Crippen molar-refractivity contribution in [1.82, 2.24) is 4.98 Å². The molecule has 0 amide bonds. The van der Waals surface area contributed by atoms with Crippen LogP contribution in [0.2, 0.25) is 5.02 Å². The molecule has 7 heteroatoms. The van der Waals surface area contributed by atoms with Crippen molar-refractivity contribution >= 4 is 49.8 Å². The molecule has 0 atom stereocenters. The van der Waals surface area contributed by atoms with Crippen molar-refractivity contribution in [2.75, 3.05) is 9.93 Å². The Balaban J connectivity index is 2.60. The molecule has 4 nitrogen and oxygen atoms in total. The lowest BCUT2D eigenvalue weighted by Gasteiger charge is -2.09. The van der Waals surface area contributed by atoms with Gasteiger partial charge in [-0.05, 0) is 24.3 Å². The molecular formula is C10H8Cl2N2O2S. The number of nitrogens with zero attached hydrogens (tertiary/aromatic N) is 1. The monoisotopic (exact) mass is 290 g/mol. The summed E-state index contributed by atoms with van der Waals surface area (Å²) in [5.41, 5.74) is 0.960. The Labute approximate surface area is 109 Å². The second-order valence-electron chi connectivity index (χ2n) is 3.32. The summed E-state index contributed by atoms with van der Waals surface area (Å²) in [7, 11) is -3.53. The average molecular weight is 291 g/mol. The molecule has 2 aromatic rings. The third-order valence-electron chi connectivity index (χ3n) is 2.13. The lowest BCUT2D eigenvalue weighted by molar-refractivity contribution is 0.605. The van der Waals surface area contributed by atoms with Gasteiger partial charge in [0, 0.05) is 11.6 Å². The van der Waals surface area contributed by atoms with Gasteiger partial charge in [-0.1, -0.05) is 11.6 Å². The van der Waals surface area contributed by atoms with Crippen molar-refractivity contribution in [2.45, 2.75) is 0 Å². The van der Waals surface area contributed by atoms with Gasteiger partial charge >= 0.3 is 0 Å². The van der Waals surface area contributed by atoms with E-state index in [1.54, 1.807) is 30.5 Å². The molecule has 0 saturated heterocycles. The molecule has 0 bridgehead atoms. The van der Waals surface area contributed by atoms with Crippen LogP contribution in [0.5, 0.6) is 0 Å². The van der Waals surface area contributed by atoms with Gasteiger partial charge in [-0.25, -0.2) is 8.42 Å². The summed E-state index contributed by atoms with van der Waals surface area (Å²) in [4.78, 5) is 4.10. The van der Waals surface area contributed by atoms with Gasteiger partial charge in [0.2, 0.25) is 10.0 Å².